The highest BCUT2D eigenvalue weighted by molar-refractivity contribution is 6.10. The molecule has 3 aromatic carbocycles. The fraction of sp³-hybridized carbons (Fsp3) is 0.211. The molecular weight excluding hydrogens is 260 g/mol. The molecule has 0 heterocycles. The Morgan fingerprint density at radius 1 is 1.00 bits per heavy atom. The number of carboxylic acids is 1. The molecule has 0 unspecified atom stereocenters. The Morgan fingerprint density at radius 3 is 2.48 bits per heavy atom. The van der Waals surface area contributed by atoms with Crippen LogP contribution in [-0.2, 0) is 6.42 Å². The molecule has 21 heavy (non-hydrogen) atoms. The van der Waals surface area contributed by atoms with Gasteiger partial charge in [0.1, 0.15) is 0 Å². The summed E-state index contributed by atoms with van der Waals surface area (Å²) in [5.74, 6) is -0.879. The van der Waals surface area contributed by atoms with Gasteiger partial charge in [0.2, 0.25) is 0 Å². The van der Waals surface area contributed by atoms with Crippen LogP contribution in [0.4, 0.5) is 0 Å². The smallest absolute Gasteiger partial charge is 0.335 e. The molecule has 1 N–H and O–H groups in total. The maximum absolute atomic E-state index is 11.2. The molecule has 0 aromatic heterocycles. The average molecular weight is 278 g/mol. The minimum absolute atomic E-state index is 0.342. The molecule has 0 aliphatic heterocycles. The standard InChI is InChI=1S/C19H18O2/c1-2-3-6-13-11-14-9-10-15(19(20)21)12-18(14)17-8-5-4-7-16(13)17/h4-5,7-12H,2-3,6H2,1H3,(H,20,21). The first-order valence-corrected chi connectivity index (χ1v) is 7.38. The molecule has 2 nitrogen and oxygen atoms in total. The van der Waals surface area contributed by atoms with Crippen LogP contribution in [0.5, 0.6) is 0 Å². The van der Waals surface area contributed by atoms with Crippen LogP contribution in [-0.4, -0.2) is 11.1 Å². The molecule has 0 amide bonds. The number of carboxylic acid groups (broad SMARTS) is 1. The van der Waals surface area contributed by atoms with Crippen LogP contribution in [0, 0.1) is 0 Å². The molecule has 2 heteroatoms. The first kappa shape index (κ1) is 13.6. The number of aromatic carboxylic acids is 1. The van der Waals surface area contributed by atoms with E-state index in [4.69, 9.17) is 0 Å². The largest absolute Gasteiger partial charge is 0.478 e. The highest BCUT2D eigenvalue weighted by Crippen LogP contribution is 2.30. The van der Waals surface area contributed by atoms with Gasteiger partial charge in [0, 0.05) is 0 Å². The minimum Gasteiger partial charge on any atom is -0.478 e. The van der Waals surface area contributed by atoms with E-state index in [0.29, 0.717) is 5.56 Å². The summed E-state index contributed by atoms with van der Waals surface area (Å²) < 4.78 is 0. The van der Waals surface area contributed by atoms with Crippen molar-refractivity contribution in [1.82, 2.24) is 0 Å². The number of carbonyl (C=O) groups is 1. The molecule has 0 aliphatic carbocycles. The van der Waals surface area contributed by atoms with Crippen molar-refractivity contribution in [3.63, 3.8) is 0 Å². The monoisotopic (exact) mass is 278 g/mol. The summed E-state index contributed by atoms with van der Waals surface area (Å²) in [7, 11) is 0. The number of hydrogen-bond acceptors (Lipinski definition) is 1. The SMILES string of the molecule is CCCCc1cc2ccc(C(=O)O)cc2c2ccccc12. The zero-order valence-electron chi connectivity index (χ0n) is 12.1. The van der Waals surface area contributed by atoms with Crippen molar-refractivity contribution in [2.45, 2.75) is 26.2 Å². The maximum Gasteiger partial charge on any atom is 0.335 e. The Labute approximate surface area is 124 Å². The van der Waals surface area contributed by atoms with Gasteiger partial charge in [-0.2, -0.15) is 0 Å². The van der Waals surface area contributed by atoms with Crippen LogP contribution in [0.1, 0.15) is 35.7 Å². The molecular formula is C19H18O2. The summed E-state index contributed by atoms with van der Waals surface area (Å²) in [6.45, 7) is 2.20. The summed E-state index contributed by atoms with van der Waals surface area (Å²) in [5, 5.41) is 13.7. The van der Waals surface area contributed by atoms with E-state index in [1.165, 1.54) is 23.8 Å². The zero-order chi connectivity index (χ0) is 14.8. The minimum atomic E-state index is -0.879. The summed E-state index contributed by atoms with van der Waals surface area (Å²) in [5.41, 5.74) is 1.69. The Kier molecular flexibility index (Phi) is 3.61. The molecule has 0 fully saturated rings. The van der Waals surface area contributed by atoms with E-state index in [-0.39, 0.29) is 0 Å². The fourth-order valence-corrected chi connectivity index (χ4v) is 2.89. The maximum atomic E-state index is 11.2. The van der Waals surface area contributed by atoms with Crippen molar-refractivity contribution >= 4 is 27.5 Å². The fourth-order valence-electron chi connectivity index (χ4n) is 2.89. The third kappa shape index (κ3) is 2.49. The molecule has 0 saturated heterocycles. The lowest BCUT2D eigenvalue weighted by molar-refractivity contribution is 0.0697. The van der Waals surface area contributed by atoms with Crippen molar-refractivity contribution in [1.29, 1.82) is 0 Å². The Hall–Kier alpha value is -2.35. The van der Waals surface area contributed by atoms with Gasteiger partial charge in [-0.25, -0.2) is 4.79 Å². The Morgan fingerprint density at radius 2 is 1.76 bits per heavy atom. The van der Waals surface area contributed by atoms with Gasteiger partial charge in [0.25, 0.3) is 0 Å². The number of unbranched alkanes of at least 4 members (excludes halogenated alkanes) is 1. The molecule has 3 rings (SSSR count). The summed E-state index contributed by atoms with van der Waals surface area (Å²) in [6.07, 6.45) is 3.40. The summed E-state index contributed by atoms with van der Waals surface area (Å²) in [4.78, 5) is 11.2. The second-order valence-electron chi connectivity index (χ2n) is 5.43. The topological polar surface area (TPSA) is 37.3 Å². The van der Waals surface area contributed by atoms with Gasteiger partial charge >= 0.3 is 5.97 Å². The van der Waals surface area contributed by atoms with Crippen LogP contribution in [0.15, 0.2) is 48.5 Å². The van der Waals surface area contributed by atoms with Gasteiger partial charge in [-0.3, -0.25) is 0 Å². The van der Waals surface area contributed by atoms with Crippen LogP contribution >= 0.6 is 0 Å². The Balaban J connectivity index is 2.31. The third-order valence-electron chi connectivity index (χ3n) is 3.99. The van der Waals surface area contributed by atoms with E-state index in [1.807, 2.05) is 18.2 Å². The van der Waals surface area contributed by atoms with Gasteiger partial charge in [0.15, 0.2) is 0 Å². The van der Waals surface area contributed by atoms with Crippen molar-refractivity contribution in [2.75, 3.05) is 0 Å². The number of hydrogen-bond donors (Lipinski definition) is 1. The van der Waals surface area contributed by atoms with E-state index >= 15 is 0 Å². The first-order valence-electron chi connectivity index (χ1n) is 7.38. The highest BCUT2D eigenvalue weighted by atomic mass is 16.4. The van der Waals surface area contributed by atoms with Crippen LogP contribution < -0.4 is 0 Å². The summed E-state index contributed by atoms with van der Waals surface area (Å²) >= 11 is 0. The lowest BCUT2D eigenvalue weighted by Gasteiger charge is -2.11. The quantitative estimate of drug-likeness (QED) is 0.679. The second-order valence-corrected chi connectivity index (χ2v) is 5.43. The van der Waals surface area contributed by atoms with Crippen LogP contribution in [0.25, 0.3) is 21.5 Å². The number of rotatable bonds is 4. The number of aryl methyl sites for hydroxylation is 1. The lowest BCUT2D eigenvalue weighted by atomic mass is 9.93. The van der Waals surface area contributed by atoms with E-state index in [0.717, 1.165) is 22.6 Å². The predicted molar refractivity (Wildman–Crippen MR) is 87.0 cm³/mol. The second kappa shape index (κ2) is 5.57. The van der Waals surface area contributed by atoms with Gasteiger partial charge < -0.3 is 5.11 Å². The number of fused-ring (bicyclic) bond motifs is 3. The lowest BCUT2D eigenvalue weighted by Crippen LogP contribution is -1.96. The van der Waals surface area contributed by atoms with Crippen LogP contribution in [0.3, 0.4) is 0 Å². The molecule has 0 bridgehead atoms. The molecule has 3 aromatic rings. The van der Waals surface area contributed by atoms with Gasteiger partial charge in [-0.05, 0) is 52.1 Å². The van der Waals surface area contributed by atoms with E-state index in [9.17, 15) is 9.90 Å². The molecule has 0 aliphatic rings. The predicted octanol–water partition coefficient (Wildman–Crippen LogP) is 5.03. The normalized spacial score (nSPS) is 11.1. The van der Waals surface area contributed by atoms with Crippen molar-refractivity contribution in [3.05, 3.63) is 59.7 Å². The van der Waals surface area contributed by atoms with Crippen molar-refractivity contribution < 1.29 is 9.90 Å². The molecule has 0 atom stereocenters. The van der Waals surface area contributed by atoms with E-state index in [2.05, 4.69) is 25.1 Å². The van der Waals surface area contributed by atoms with E-state index < -0.39 is 5.97 Å². The first-order chi connectivity index (χ1) is 10.2. The van der Waals surface area contributed by atoms with E-state index in [1.54, 1.807) is 12.1 Å². The zero-order valence-corrected chi connectivity index (χ0v) is 12.1. The highest BCUT2D eigenvalue weighted by Gasteiger charge is 2.09. The van der Waals surface area contributed by atoms with Gasteiger partial charge in [-0.1, -0.05) is 49.7 Å². The van der Waals surface area contributed by atoms with Crippen LogP contribution in [0.2, 0.25) is 0 Å². The molecule has 0 saturated carbocycles. The third-order valence-corrected chi connectivity index (χ3v) is 3.99. The summed E-state index contributed by atoms with van der Waals surface area (Å²) in [6, 6.07) is 15.9. The Bertz CT molecular complexity index is 818. The molecule has 106 valence electrons. The van der Waals surface area contributed by atoms with Gasteiger partial charge in [-0.15, -0.1) is 0 Å². The van der Waals surface area contributed by atoms with Gasteiger partial charge in [0.05, 0.1) is 5.56 Å². The molecule has 0 spiro atoms. The average Bonchev–Trinajstić information content (AvgIpc) is 2.52. The van der Waals surface area contributed by atoms with Crippen molar-refractivity contribution in [2.24, 2.45) is 0 Å². The van der Waals surface area contributed by atoms with Crippen molar-refractivity contribution in [3.8, 4) is 0 Å². The molecule has 0 radical (unpaired) electrons. The number of benzene rings is 3.